The van der Waals surface area contributed by atoms with Gasteiger partial charge in [-0.2, -0.15) is 10.4 Å². The van der Waals surface area contributed by atoms with Crippen molar-refractivity contribution in [2.24, 2.45) is 5.41 Å². The van der Waals surface area contributed by atoms with Crippen molar-refractivity contribution < 1.29 is 23.4 Å². The van der Waals surface area contributed by atoms with Crippen LogP contribution in [0.3, 0.4) is 0 Å². The molecule has 0 bridgehead atoms. The third kappa shape index (κ3) is 8.54. The molecule has 1 fully saturated rings. The molecule has 48 heavy (non-hydrogen) atoms. The number of likely N-dealkylation sites (N-methyl/N-ethyl adjacent to an activating group) is 1. The van der Waals surface area contributed by atoms with Gasteiger partial charge in [0.2, 0.25) is 5.91 Å². The zero-order chi connectivity index (χ0) is 35.6. The van der Waals surface area contributed by atoms with Crippen molar-refractivity contribution in [3.8, 4) is 6.07 Å². The molecule has 3 aromatic rings. The van der Waals surface area contributed by atoms with Gasteiger partial charge in [0.25, 0.3) is 0 Å². The van der Waals surface area contributed by atoms with Crippen molar-refractivity contribution >= 4 is 34.9 Å². The van der Waals surface area contributed by atoms with Crippen LogP contribution in [0.25, 0.3) is 0 Å². The van der Waals surface area contributed by atoms with E-state index in [9.17, 15) is 15.2 Å². The van der Waals surface area contributed by atoms with Crippen LogP contribution in [0.5, 0.6) is 0 Å². The first kappa shape index (κ1) is 37.7. The summed E-state index contributed by atoms with van der Waals surface area (Å²) < 4.78 is 39.3. The summed E-state index contributed by atoms with van der Waals surface area (Å²) in [4.78, 5) is 16.0. The lowest BCUT2D eigenvalue weighted by Crippen LogP contribution is -2.45. The second-order valence-corrected chi connectivity index (χ2v) is 15.4. The Morgan fingerprint density at radius 2 is 1.92 bits per heavy atom. The molecule has 13 heteroatoms. The molecule has 1 saturated heterocycles. The molecule has 0 saturated carbocycles. The van der Waals surface area contributed by atoms with Gasteiger partial charge in [0.05, 0.1) is 42.0 Å². The second-order valence-electron chi connectivity index (χ2n) is 14.6. The average Bonchev–Trinajstić information content (AvgIpc) is 3.53. The van der Waals surface area contributed by atoms with E-state index in [1.54, 1.807) is 16.9 Å². The van der Waals surface area contributed by atoms with Crippen LogP contribution in [0, 0.1) is 28.4 Å². The second kappa shape index (κ2) is 14.8. The number of amides is 1. The van der Waals surface area contributed by atoms with E-state index in [0.29, 0.717) is 19.5 Å². The summed E-state index contributed by atoms with van der Waals surface area (Å²) in [5, 5.41) is 31.8. The lowest BCUT2D eigenvalue weighted by molar-refractivity contribution is -0.118. The fourth-order valence-corrected chi connectivity index (χ4v) is 6.85. The van der Waals surface area contributed by atoms with Gasteiger partial charge < -0.3 is 25.4 Å². The smallest absolute Gasteiger partial charge is 0.243 e. The monoisotopic (exact) mass is 704 g/mol. The van der Waals surface area contributed by atoms with E-state index in [0.717, 1.165) is 6.07 Å². The number of nitriles is 1. The van der Waals surface area contributed by atoms with Crippen molar-refractivity contribution in [2.45, 2.75) is 82.7 Å². The number of aromatic nitrogens is 2. The van der Waals surface area contributed by atoms with Crippen molar-refractivity contribution in [3.05, 3.63) is 81.5 Å². The van der Waals surface area contributed by atoms with Gasteiger partial charge in [-0.25, -0.2) is 8.78 Å². The van der Waals surface area contributed by atoms with Gasteiger partial charge in [0, 0.05) is 41.4 Å². The maximum absolute atomic E-state index is 15.9. The molecule has 1 amide bonds. The number of carbonyl (C=O) groups excluding carboxylic acids is 1. The van der Waals surface area contributed by atoms with E-state index in [1.165, 1.54) is 30.3 Å². The van der Waals surface area contributed by atoms with Crippen LogP contribution in [-0.4, -0.2) is 76.7 Å². The van der Waals surface area contributed by atoms with E-state index < -0.39 is 52.7 Å². The summed E-state index contributed by atoms with van der Waals surface area (Å²) in [5.41, 5.74) is -2.81. The molecule has 1 aliphatic rings. The van der Waals surface area contributed by atoms with Crippen LogP contribution in [0.2, 0.25) is 10.0 Å². The molecule has 2 heterocycles. The van der Waals surface area contributed by atoms with E-state index in [4.69, 9.17) is 27.9 Å². The summed E-state index contributed by atoms with van der Waals surface area (Å²) in [6.07, 6.45) is 1.36. The molecule has 0 unspecified atom stereocenters. The topological polar surface area (TPSA) is 115 Å². The van der Waals surface area contributed by atoms with Crippen LogP contribution in [-0.2, 0) is 21.5 Å². The van der Waals surface area contributed by atoms with Gasteiger partial charge in [0.15, 0.2) is 5.82 Å². The van der Waals surface area contributed by atoms with Crippen LogP contribution in [0.4, 0.5) is 14.6 Å². The molecule has 1 aliphatic heterocycles. The van der Waals surface area contributed by atoms with E-state index in [-0.39, 0.29) is 39.0 Å². The van der Waals surface area contributed by atoms with Crippen LogP contribution in [0.15, 0.2) is 48.7 Å². The molecule has 3 N–H and O–H groups in total. The summed E-state index contributed by atoms with van der Waals surface area (Å²) in [5.74, 6) is -3.10. The number of nitrogens with zero attached hydrogens (tertiary/aromatic N) is 4. The number of ether oxygens (including phenoxy) is 1. The fraction of sp³-hybridized carbons (Fsp3) is 0.514. The zero-order valence-corrected chi connectivity index (χ0v) is 29.8. The normalized spacial score (nSPS) is 22.1. The Kier molecular flexibility index (Phi) is 11.6. The molecular weight excluding hydrogens is 661 g/mol. The molecular formula is C35H44Cl2F2N6O3. The highest BCUT2D eigenvalue weighted by Gasteiger charge is 2.61. The molecule has 0 radical (unpaired) electrons. The highest BCUT2D eigenvalue weighted by molar-refractivity contribution is 6.31. The first-order valence-corrected chi connectivity index (χ1v) is 16.5. The van der Waals surface area contributed by atoms with Crippen molar-refractivity contribution in [3.63, 3.8) is 0 Å². The number of rotatable bonds is 12. The Balaban J connectivity index is 1.71. The highest BCUT2D eigenvalue weighted by atomic mass is 35.5. The van der Waals surface area contributed by atoms with E-state index >= 15 is 8.78 Å². The summed E-state index contributed by atoms with van der Waals surface area (Å²) >= 11 is 12.3. The molecule has 1 aromatic heterocycles. The maximum Gasteiger partial charge on any atom is 0.243 e. The Bertz CT molecular complexity index is 1650. The Labute approximate surface area is 291 Å². The van der Waals surface area contributed by atoms with Gasteiger partial charge in [-0.1, -0.05) is 62.2 Å². The van der Waals surface area contributed by atoms with Crippen LogP contribution >= 0.6 is 23.2 Å². The van der Waals surface area contributed by atoms with Gasteiger partial charge in [-0.3, -0.25) is 9.48 Å². The minimum absolute atomic E-state index is 0.00182. The van der Waals surface area contributed by atoms with Gasteiger partial charge in [-0.15, -0.1) is 0 Å². The largest absolute Gasteiger partial charge is 0.389 e. The molecule has 5 atom stereocenters. The molecule has 0 spiro atoms. The zero-order valence-electron chi connectivity index (χ0n) is 28.3. The standard InChI is InChI=1S/C35H44Cl2F2N6O3/c1-33(2,3)16-27-35(19-40,24-12-11-21(36)15-26(24)38)29(23-9-8-10-25(37)30(23)39)31(41-27)32(47)42-28-13-14-45(43-28)20-34(4,5)48-18-22(46)17-44(6)7/h8-15,22,27,29,31,41,46H,16-18,20H2,1-7H3,(H,42,43,47)/t22-,27-,29+,31+,35-/m0/s1. The van der Waals surface area contributed by atoms with Gasteiger partial charge >= 0.3 is 0 Å². The number of hydrogen-bond donors (Lipinski definition) is 3. The summed E-state index contributed by atoms with van der Waals surface area (Å²) in [6.45, 7) is 10.6. The number of carbonyl (C=O) groups is 1. The minimum atomic E-state index is -1.74. The molecule has 2 aromatic carbocycles. The number of aliphatic hydroxyl groups excluding tert-OH is 1. The van der Waals surface area contributed by atoms with Crippen molar-refractivity contribution in [1.29, 1.82) is 5.26 Å². The Morgan fingerprint density at radius 3 is 2.54 bits per heavy atom. The van der Waals surface area contributed by atoms with Crippen LogP contribution < -0.4 is 10.6 Å². The number of halogens is 4. The molecule has 4 rings (SSSR count). The molecule has 0 aliphatic carbocycles. The number of nitrogens with one attached hydrogen (secondary N) is 2. The quantitative estimate of drug-likeness (QED) is 0.207. The average molecular weight is 706 g/mol. The third-order valence-corrected chi connectivity index (χ3v) is 8.94. The first-order valence-electron chi connectivity index (χ1n) is 15.7. The van der Waals surface area contributed by atoms with Gasteiger partial charge in [-0.05, 0) is 63.5 Å². The SMILES string of the molecule is CN(C)C[C@H](O)COC(C)(C)Cn1ccc(NC(=O)[C@@H]2N[C@@H](CC(C)(C)C)[C@](C#N)(c3ccc(Cl)cc3F)[C@@H]2c2cccc(Cl)c2F)n1. The fourth-order valence-electron chi connectivity index (χ4n) is 6.51. The number of benzene rings is 2. The lowest BCUT2D eigenvalue weighted by Gasteiger charge is -2.37. The first-order chi connectivity index (χ1) is 22.4. The highest BCUT2D eigenvalue weighted by Crippen LogP contribution is 2.52. The third-order valence-electron chi connectivity index (χ3n) is 8.41. The number of anilines is 1. The number of aliphatic hydroxyl groups is 1. The molecule has 260 valence electrons. The predicted octanol–water partition coefficient (Wildman–Crippen LogP) is 6.15. The minimum Gasteiger partial charge on any atom is -0.389 e. The van der Waals surface area contributed by atoms with Crippen molar-refractivity contribution in [2.75, 3.05) is 32.6 Å². The van der Waals surface area contributed by atoms with E-state index in [2.05, 4.69) is 21.8 Å². The maximum atomic E-state index is 15.9. The van der Waals surface area contributed by atoms with Gasteiger partial charge in [0.1, 0.15) is 17.0 Å². The molecule has 9 nitrogen and oxygen atoms in total. The van der Waals surface area contributed by atoms with E-state index in [1.807, 2.05) is 53.6 Å². The van der Waals surface area contributed by atoms with Crippen LogP contribution in [0.1, 0.15) is 58.1 Å². The summed E-state index contributed by atoms with van der Waals surface area (Å²) in [6, 6.07) is 10.4. The Morgan fingerprint density at radius 1 is 1.21 bits per heavy atom. The predicted molar refractivity (Wildman–Crippen MR) is 183 cm³/mol. The number of hydrogen-bond acceptors (Lipinski definition) is 7. The van der Waals surface area contributed by atoms with Crippen molar-refractivity contribution in [1.82, 2.24) is 20.0 Å². The summed E-state index contributed by atoms with van der Waals surface area (Å²) in [7, 11) is 3.73. The Hall–Kier alpha value is -3.11. The lowest BCUT2D eigenvalue weighted by atomic mass is 9.62.